The monoisotopic (exact) mass is 488 g/mol. The molecule has 1 aliphatic heterocycles. The van der Waals surface area contributed by atoms with Gasteiger partial charge in [0.1, 0.15) is 0 Å². The molecule has 0 amide bonds. The van der Waals surface area contributed by atoms with Crippen molar-refractivity contribution in [3.8, 4) is 0 Å². The second-order valence-corrected chi connectivity index (χ2v) is 11.3. The number of rotatable bonds is 5. The van der Waals surface area contributed by atoms with Crippen LogP contribution in [0.3, 0.4) is 0 Å². The summed E-state index contributed by atoms with van der Waals surface area (Å²) in [6.45, 7) is 1.34. The van der Waals surface area contributed by atoms with E-state index < -0.39 is 9.84 Å². The Balaban J connectivity index is 1.65. The summed E-state index contributed by atoms with van der Waals surface area (Å²) < 4.78 is 25.6. The topological polar surface area (TPSA) is 49.7 Å². The van der Waals surface area contributed by atoms with Gasteiger partial charge in [-0.3, -0.25) is 9.89 Å². The highest BCUT2D eigenvalue weighted by Gasteiger charge is 2.40. The molecular weight excluding hydrogens is 463 g/mol. The molecule has 0 spiro atoms. The van der Waals surface area contributed by atoms with Gasteiger partial charge < -0.3 is 0 Å². The minimum Gasteiger partial charge on any atom is -0.293 e. The van der Waals surface area contributed by atoms with E-state index in [0.717, 1.165) is 22.4 Å². The second kappa shape index (κ2) is 9.52. The maximum atomic E-state index is 12.8. The molecule has 0 atom stereocenters. The fraction of sp³-hybridized carbons (Fsp3) is 0.320. The van der Waals surface area contributed by atoms with Gasteiger partial charge in [0.15, 0.2) is 9.84 Å². The Kier molecular flexibility index (Phi) is 6.91. The van der Waals surface area contributed by atoms with Gasteiger partial charge in [-0.1, -0.05) is 53.5 Å². The lowest BCUT2D eigenvalue weighted by atomic mass is 9.87. The van der Waals surface area contributed by atoms with Crippen LogP contribution in [0, 0.1) is 5.92 Å². The summed E-state index contributed by atoms with van der Waals surface area (Å²) in [4.78, 5) is 7.17. The van der Waals surface area contributed by atoms with E-state index in [-0.39, 0.29) is 12.0 Å². The SMILES string of the molecule is CN=C1C=CCC(=C(C2CN(C(c3ccc(Cl)cc3)c3ccc(Cl)cc3)C2)S(C)(=O)=O)C1. The Labute approximate surface area is 200 Å². The third-order valence-corrected chi connectivity index (χ3v) is 8.05. The van der Waals surface area contributed by atoms with Gasteiger partial charge >= 0.3 is 0 Å². The van der Waals surface area contributed by atoms with Gasteiger partial charge in [0.2, 0.25) is 0 Å². The number of allylic oxidation sites excluding steroid dienone is 3. The van der Waals surface area contributed by atoms with Crippen LogP contribution >= 0.6 is 23.2 Å². The number of hydrogen-bond donors (Lipinski definition) is 0. The van der Waals surface area contributed by atoms with Crippen molar-refractivity contribution >= 4 is 38.8 Å². The van der Waals surface area contributed by atoms with E-state index >= 15 is 0 Å². The van der Waals surface area contributed by atoms with Crippen LogP contribution in [-0.2, 0) is 9.84 Å². The van der Waals surface area contributed by atoms with Crippen molar-refractivity contribution in [2.24, 2.45) is 10.9 Å². The lowest BCUT2D eigenvalue weighted by Crippen LogP contribution is -2.50. The summed E-state index contributed by atoms with van der Waals surface area (Å²) in [5.74, 6) is -0.0216. The van der Waals surface area contributed by atoms with Gasteiger partial charge in [-0.05, 0) is 53.5 Å². The molecule has 0 saturated carbocycles. The predicted molar refractivity (Wildman–Crippen MR) is 133 cm³/mol. The number of likely N-dealkylation sites (tertiary alicyclic amines) is 1. The van der Waals surface area contributed by atoms with Crippen LogP contribution < -0.4 is 0 Å². The van der Waals surface area contributed by atoms with Crippen LogP contribution in [-0.4, -0.2) is 45.4 Å². The molecule has 0 bridgehead atoms. The molecule has 1 fully saturated rings. The van der Waals surface area contributed by atoms with Crippen LogP contribution in [0.2, 0.25) is 10.0 Å². The van der Waals surface area contributed by atoms with Crippen molar-refractivity contribution in [1.29, 1.82) is 0 Å². The van der Waals surface area contributed by atoms with E-state index in [1.807, 2.05) is 60.7 Å². The zero-order valence-electron chi connectivity index (χ0n) is 18.1. The molecule has 2 aromatic rings. The summed E-state index contributed by atoms with van der Waals surface area (Å²) in [7, 11) is -1.57. The lowest BCUT2D eigenvalue weighted by molar-refractivity contribution is 0.0921. The molecule has 1 heterocycles. The normalized spacial score (nSPS) is 20.6. The van der Waals surface area contributed by atoms with Crippen molar-refractivity contribution in [1.82, 2.24) is 4.90 Å². The fourth-order valence-electron chi connectivity index (χ4n) is 4.68. The van der Waals surface area contributed by atoms with Gasteiger partial charge in [-0.15, -0.1) is 0 Å². The number of aliphatic imine (C=N–C) groups is 1. The highest BCUT2D eigenvalue weighted by molar-refractivity contribution is 7.94. The first-order chi connectivity index (χ1) is 15.3. The molecule has 0 N–H and O–H groups in total. The predicted octanol–water partition coefficient (Wildman–Crippen LogP) is 5.73. The average Bonchev–Trinajstić information content (AvgIpc) is 2.73. The Morgan fingerprint density at radius 1 is 1.00 bits per heavy atom. The lowest BCUT2D eigenvalue weighted by Gasteiger charge is -2.46. The van der Waals surface area contributed by atoms with E-state index in [2.05, 4.69) is 9.89 Å². The molecule has 2 aliphatic rings. The van der Waals surface area contributed by atoms with Gasteiger partial charge in [0, 0.05) is 59.4 Å². The minimum absolute atomic E-state index is 0.00519. The molecule has 7 heteroatoms. The van der Waals surface area contributed by atoms with Crippen molar-refractivity contribution in [3.63, 3.8) is 0 Å². The van der Waals surface area contributed by atoms with Crippen LogP contribution in [0.25, 0.3) is 0 Å². The van der Waals surface area contributed by atoms with E-state index in [4.69, 9.17) is 23.2 Å². The van der Waals surface area contributed by atoms with Crippen LogP contribution in [0.1, 0.15) is 30.0 Å². The maximum absolute atomic E-state index is 12.8. The molecule has 32 heavy (non-hydrogen) atoms. The molecule has 168 valence electrons. The smallest absolute Gasteiger partial charge is 0.172 e. The summed E-state index contributed by atoms with van der Waals surface area (Å²) in [5, 5.41) is 1.38. The quantitative estimate of drug-likeness (QED) is 0.539. The first-order valence-electron chi connectivity index (χ1n) is 10.6. The third-order valence-electron chi connectivity index (χ3n) is 6.12. The highest BCUT2D eigenvalue weighted by atomic mass is 35.5. The molecule has 1 aliphatic carbocycles. The summed E-state index contributed by atoms with van der Waals surface area (Å²) in [5.41, 5.74) is 4.12. The van der Waals surface area contributed by atoms with E-state index in [1.54, 1.807) is 7.05 Å². The van der Waals surface area contributed by atoms with E-state index in [0.29, 0.717) is 40.9 Å². The largest absolute Gasteiger partial charge is 0.293 e. The first-order valence-corrected chi connectivity index (χ1v) is 13.2. The number of hydrogen-bond acceptors (Lipinski definition) is 4. The van der Waals surface area contributed by atoms with Crippen molar-refractivity contribution in [3.05, 3.63) is 92.3 Å². The number of sulfone groups is 1. The molecule has 1 saturated heterocycles. The van der Waals surface area contributed by atoms with Crippen LogP contribution in [0.15, 0.2) is 76.2 Å². The summed E-state index contributed by atoms with van der Waals surface area (Å²) >= 11 is 12.2. The third kappa shape index (κ3) is 5.01. The molecule has 0 aromatic heterocycles. The average molecular weight is 489 g/mol. The summed E-state index contributed by atoms with van der Waals surface area (Å²) in [6.07, 6.45) is 6.58. The zero-order chi connectivity index (χ0) is 22.9. The number of halogens is 2. The molecular formula is C25H26Cl2N2O2S. The Morgan fingerprint density at radius 2 is 1.53 bits per heavy atom. The van der Waals surface area contributed by atoms with Gasteiger partial charge in [-0.2, -0.15) is 0 Å². The second-order valence-electron chi connectivity index (χ2n) is 8.39. The van der Waals surface area contributed by atoms with E-state index in [9.17, 15) is 8.42 Å². The summed E-state index contributed by atoms with van der Waals surface area (Å²) in [6, 6.07) is 15.7. The molecule has 4 nitrogen and oxygen atoms in total. The van der Waals surface area contributed by atoms with Crippen molar-refractivity contribution in [2.75, 3.05) is 26.4 Å². The first kappa shape index (κ1) is 23.2. The minimum atomic E-state index is -3.32. The van der Waals surface area contributed by atoms with Gasteiger partial charge in [0.05, 0.1) is 6.04 Å². The fourth-order valence-corrected chi connectivity index (χ4v) is 6.36. The van der Waals surface area contributed by atoms with Crippen molar-refractivity contribution < 1.29 is 8.42 Å². The maximum Gasteiger partial charge on any atom is 0.172 e. The standard InChI is InChI=1S/C25H26Cl2N2O2S/c1-28-23-5-3-4-19(14-23)25(32(2,30)31)20-15-29(16-20)24(17-6-10-21(26)11-7-17)18-8-12-22(27)13-9-18/h3,5-13,20,24H,4,14-16H2,1-2H3. The Hall–Kier alpha value is -1.92. The highest BCUT2D eigenvalue weighted by Crippen LogP contribution is 2.40. The molecule has 4 rings (SSSR count). The van der Waals surface area contributed by atoms with Gasteiger partial charge in [-0.25, -0.2) is 8.42 Å². The van der Waals surface area contributed by atoms with Crippen LogP contribution in [0.5, 0.6) is 0 Å². The molecule has 2 aromatic carbocycles. The number of benzene rings is 2. The molecule has 0 unspecified atom stereocenters. The van der Waals surface area contributed by atoms with E-state index in [1.165, 1.54) is 6.26 Å². The Bertz CT molecular complexity index is 1130. The number of nitrogens with zero attached hydrogens (tertiary/aromatic N) is 2. The molecule has 0 radical (unpaired) electrons. The van der Waals surface area contributed by atoms with Crippen LogP contribution in [0.4, 0.5) is 0 Å². The van der Waals surface area contributed by atoms with Gasteiger partial charge in [0.25, 0.3) is 0 Å². The zero-order valence-corrected chi connectivity index (χ0v) is 20.5. The Morgan fingerprint density at radius 3 is 2.00 bits per heavy atom. The van der Waals surface area contributed by atoms with Crippen molar-refractivity contribution in [2.45, 2.75) is 18.9 Å².